The predicted octanol–water partition coefficient (Wildman–Crippen LogP) is 3.24. The molecule has 0 aliphatic heterocycles. The fraction of sp³-hybridized carbons (Fsp3) is 0.333. The Hall–Kier alpha value is -3.70. The van der Waals surface area contributed by atoms with Crippen LogP contribution in [-0.2, 0) is 16.6 Å². The van der Waals surface area contributed by atoms with Crippen molar-refractivity contribution in [1.29, 1.82) is 0 Å². The van der Waals surface area contributed by atoms with Crippen molar-refractivity contribution < 1.29 is 36.7 Å². The predicted molar refractivity (Wildman–Crippen MR) is 112 cm³/mol. The topological polar surface area (TPSA) is 109 Å². The van der Waals surface area contributed by atoms with Gasteiger partial charge in [-0.3, -0.25) is 19.2 Å². The van der Waals surface area contributed by atoms with Gasteiger partial charge < -0.3 is 20.5 Å². The van der Waals surface area contributed by atoms with Gasteiger partial charge in [0.15, 0.2) is 0 Å². The highest BCUT2D eigenvalue weighted by atomic mass is 19.4. The molecule has 0 fully saturated rings. The Kier molecular flexibility index (Phi) is 7.30. The van der Waals surface area contributed by atoms with E-state index in [-0.39, 0.29) is 33.9 Å². The van der Waals surface area contributed by atoms with Crippen LogP contribution in [0.5, 0.6) is 0 Å². The van der Waals surface area contributed by atoms with Crippen molar-refractivity contribution >= 4 is 34.9 Å². The third kappa shape index (κ3) is 5.57. The van der Waals surface area contributed by atoms with Crippen molar-refractivity contribution in [3.05, 3.63) is 46.5 Å². The molecule has 0 saturated heterocycles. The minimum Gasteiger partial charge on any atom is -0.344 e. The number of ketones is 1. The molecule has 0 aliphatic rings. The minimum atomic E-state index is -4.73. The summed E-state index contributed by atoms with van der Waals surface area (Å²) in [5, 5.41) is 6.39. The molecular formula is C21H22F4N4O4. The molecule has 1 aromatic heterocycles. The van der Waals surface area contributed by atoms with Gasteiger partial charge in [0, 0.05) is 25.4 Å². The smallest absolute Gasteiger partial charge is 0.344 e. The van der Waals surface area contributed by atoms with E-state index < -0.39 is 41.5 Å². The molecule has 0 saturated carbocycles. The first-order valence-corrected chi connectivity index (χ1v) is 9.61. The fourth-order valence-electron chi connectivity index (χ4n) is 3.17. The van der Waals surface area contributed by atoms with Crippen LogP contribution in [0.15, 0.2) is 18.2 Å². The van der Waals surface area contributed by atoms with Gasteiger partial charge in [0.2, 0.25) is 5.91 Å². The average molecular weight is 470 g/mol. The summed E-state index contributed by atoms with van der Waals surface area (Å²) in [4.78, 5) is 48.7. The van der Waals surface area contributed by atoms with Crippen LogP contribution in [0.25, 0.3) is 0 Å². The van der Waals surface area contributed by atoms with E-state index in [2.05, 4.69) is 10.6 Å². The van der Waals surface area contributed by atoms with Gasteiger partial charge in [0.25, 0.3) is 17.6 Å². The number of aromatic nitrogens is 1. The van der Waals surface area contributed by atoms with Crippen molar-refractivity contribution in [3.8, 4) is 0 Å². The zero-order valence-electron chi connectivity index (χ0n) is 18.4. The highest BCUT2D eigenvalue weighted by Gasteiger charge is 2.39. The second kappa shape index (κ2) is 9.43. The van der Waals surface area contributed by atoms with Crippen molar-refractivity contribution in [2.24, 2.45) is 7.05 Å². The maximum Gasteiger partial charge on any atom is 0.408 e. The zero-order valence-corrected chi connectivity index (χ0v) is 18.4. The number of alkyl halides is 3. The number of hydrogen-bond acceptors (Lipinski definition) is 4. The largest absolute Gasteiger partial charge is 0.408 e. The molecule has 0 aliphatic carbocycles. The normalized spacial score (nSPS) is 12.2. The number of carbonyl (C=O) groups is 4. The quantitative estimate of drug-likeness (QED) is 0.342. The van der Waals surface area contributed by atoms with Crippen molar-refractivity contribution in [2.45, 2.75) is 39.9 Å². The van der Waals surface area contributed by atoms with Crippen molar-refractivity contribution in [1.82, 2.24) is 9.88 Å². The summed E-state index contributed by atoms with van der Waals surface area (Å²) in [5.41, 5.74) is 0.0989. The molecule has 2 rings (SSSR count). The highest BCUT2D eigenvalue weighted by molar-refractivity contribution is 6.43. The number of carbonyl (C=O) groups excluding carboxylic acids is 4. The summed E-state index contributed by atoms with van der Waals surface area (Å²) < 4.78 is 53.2. The number of nitrogens with one attached hydrogen (secondary N) is 3. The molecule has 1 heterocycles. The van der Waals surface area contributed by atoms with Gasteiger partial charge in [0.1, 0.15) is 11.9 Å². The molecule has 0 bridgehead atoms. The van der Waals surface area contributed by atoms with E-state index >= 15 is 0 Å². The molecule has 178 valence electrons. The average Bonchev–Trinajstić information content (AvgIpc) is 2.91. The maximum absolute atomic E-state index is 13.8. The molecule has 3 amide bonds. The number of halogens is 4. The monoisotopic (exact) mass is 470 g/mol. The van der Waals surface area contributed by atoms with E-state index in [9.17, 15) is 36.7 Å². The minimum absolute atomic E-state index is 0.0166. The number of amides is 3. The van der Waals surface area contributed by atoms with Crippen molar-refractivity contribution in [3.63, 3.8) is 0 Å². The summed E-state index contributed by atoms with van der Waals surface area (Å²) in [5.74, 6) is -4.64. The Morgan fingerprint density at radius 3 is 2.21 bits per heavy atom. The van der Waals surface area contributed by atoms with Gasteiger partial charge in [0.05, 0.1) is 16.9 Å². The molecule has 0 radical (unpaired) electrons. The zero-order chi connectivity index (χ0) is 25.2. The van der Waals surface area contributed by atoms with Crippen LogP contribution in [0.3, 0.4) is 0 Å². The number of anilines is 2. The van der Waals surface area contributed by atoms with Crippen LogP contribution in [0.2, 0.25) is 0 Å². The number of nitrogens with zero attached hydrogens (tertiary/aromatic N) is 1. The van der Waals surface area contributed by atoms with Gasteiger partial charge in [-0.2, -0.15) is 13.2 Å². The summed E-state index contributed by atoms with van der Waals surface area (Å²) in [7, 11) is 1.39. The molecule has 33 heavy (non-hydrogen) atoms. The van der Waals surface area contributed by atoms with Gasteiger partial charge in [-0.25, -0.2) is 4.39 Å². The summed E-state index contributed by atoms with van der Waals surface area (Å²) in [6.07, 6.45) is -4.73. The van der Waals surface area contributed by atoms with Gasteiger partial charge in [-0.05, 0) is 44.5 Å². The summed E-state index contributed by atoms with van der Waals surface area (Å²) >= 11 is 0. The lowest BCUT2D eigenvalue weighted by Gasteiger charge is -2.16. The second-order valence-corrected chi connectivity index (χ2v) is 7.39. The lowest BCUT2D eigenvalue weighted by atomic mass is 10.1. The van der Waals surface area contributed by atoms with Gasteiger partial charge in [-0.15, -0.1) is 0 Å². The molecule has 12 heteroatoms. The van der Waals surface area contributed by atoms with Gasteiger partial charge in [-0.1, -0.05) is 0 Å². The molecule has 1 aromatic carbocycles. The number of benzene rings is 1. The van der Waals surface area contributed by atoms with Crippen molar-refractivity contribution in [2.75, 3.05) is 10.6 Å². The fourth-order valence-corrected chi connectivity index (χ4v) is 3.17. The molecule has 8 nitrogen and oxygen atoms in total. The highest BCUT2D eigenvalue weighted by Crippen LogP contribution is 2.25. The SMILES string of the molecule is CC(=O)Nc1cc(NC(=O)c2c(C)c(C(=O)C(=O)NC(C)C(F)(F)F)n(C)c2C)ccc1F. The lowest BCUT2D eigenvalue weighted by Crippen LogP contribution is -2.46. The summed E-state index contributed by atoms with van der Waals surface area (Å²) in [6.45, 7) is 4.75. The first kappa shape index (κ1) is 25.6. The molecule has 2 aromatic rings. The third-order valence-corrected chi connectivity index (χ3v) is 4.95. The van der Waals surface area contributed by atoms with Crippen LogP contribution >= 0.6 is 0 Å². The Bertz CT molecular complexity index is 1140. The number of hydrogen-bond donors (Lipinski definition) is 3. The van der Waals surface area contributed by atoms with E-state index in [1.54, 1.807) is 5.32 Å². The van der Waals surface area contributed by atoms with Crippen LogP contribution in [0, 0.1) is 19.7 Å². The first-order chi connectivity index (χ1) is 15.1. The van der Waals surface area contributed by atoms with Crippen LogP contribution in [0.4, 0.5) is 28.9 Å². The summed E-state index contributed by atoms with van der Waals surface area (Å²) in [6, 6.07) is 1.24. The molecule has 3 N–H and O–H groups in total. The molecule has 1 atom stereocenters. The third-order valence-electron chi connectivity index (χ3n) is 4.95. The van der Waals surface area contributed by atoms with Crippen LogP contribution in [-0.4, -0.2) is 40.3 Å². The number of rotatable bonds is 6. The van der Waals surface area contributed by atoms with E-state index in [4.69, 9.17) is 0 Å². The molecule has 0 spiro atoms. The Morgan fingerprint density at radius 2 is 1.67 bits per heavy atom. The van der Waals surface area contributed by atoms with E-state index in [0.717, 1.165) is 6.07 Å². The maximum atomic E-state index is 13.8. The molecule has 1 unspecified atom stereocenters. The van der Waals surface area contributed by atoms with Gasteiger partial charge >= 0.3 is 6.18 Å². The first-order valence-electron chi connectivity index (χ1n) is 9.61. The standard InChI is InChI=1S/C21H22F4N4O4/c1-9-16(19(32)28-13-6-7-14(22)15(8-13)27-12(4)30)10(2)29(5)17(9)18(31)20(33)26-11(3)21(23,24)25/h6-8,11H,1-5H3,(H,26,33)(H,27,30)(H,28,32). The number of Topliss-reactive ketones (excluding diaryl/α,β-unsaturated/α-hetero) is 1. The van der Waals surface area contributed by atoms with E-state index in [0.29, 0.717) is 6.92 Å². The van der Waals surface area contributed by atoms with E-state index in [1.807, 2.05) is 0 Å². The lowest BCUT2D eigenvalue weighted by molar-refractivity contribution is -0.156. The Balaban J connectivity index is 2.34. The van der Waals surface area contributed by atoms with Crippen LogP contribution < -0.4 is 16.0 Å². The Morgan fingerprint density at radius 1 is 1.06 bits per heavy atom. The van der Waals surface area contributed by atoms with Crippen LogP contribution in [0.1, 0.15) is 46.0 Å². The van der Waals surface area contributed by atoms with E-state index in [1.165, 1.54) is 44.5 Å². The second-order valence-electron chi connectivity index (χ2n) is 7.39. The Labute approximate surface area is 186 Å². The molecular weight excluding hydrogens is 448 g/mol.